The Morgan fingerprint density at radius 3 is 2.86 bits per heavy atom. The molecule has 1 aromatic carbocycles. The lowest BCUT2D eigenvalue weighted by Crippen LogP contribution is -2.39. The number of nitrogens with one attached hydrogen (secondary N) is 1. The third kappa shape index (κ3) is 3.61. The van der Waals surface area contributed by atoms with E-state index in [1.807, 2.05) is 42.5 Å². The Hall–Kier alpha value is -1.98. The average molecular weight is 298 g/mol. The van der Waals surface area contributed by atoms with E-state index in [4.69, 9.17) is 0 Å². The van der Waals surface area contributed by atoms with Crippen molar-refractivity contribution < 1.29 is 5.11 Å². The maximum Gasteiger partial charge on any atom is 0.151 e. The van der Waals surface area contributed by atoms with Crippen molar-refractivity contribution in [1.82, 2.24) is 15.5 Å². The largest absolute Gasteiger partial charge is 0.387 e. The minimum absolute atomic E-state index is 0.416. The van der Waals surface area contributed by atoms with Crippen LogP contribution in [0.5, 0.6) is 0 Å². The van der Waals surface area contributed by atoms with Crippen molar-refractivity contribution in [3.63, 3.8) is 0 Å². The van der Waals surface area contributed by atoms with Crippen LogP contribution in [0, 0.1) is 0 Å². The Labute approximate surface area is 131 Å². The van der Waals surface area contributed by atoms with Crippen molar-refractivity contribution in [2.24, 2.45) is 0 Å². The summed E-state index contributed by atoms with van der Waals surface area (Å²) in [7, 11) is 0. The number of rotatable bonds is 6. The number of nitrogens with zero attached hydrogens (tertiary/aromatic N) is 3. The molecule has 5 heteroatoms. The second kappa shape index (κ2) is 7.33. The molecule has 3 rings (SSSR count). The average Bonchev–Trinajstić information content (AvgIpc) is 3.05. The topological polar surface area (TPSA) is 61.3 Å². The van der Waals surface area contributed by atoms with E-state index in [0.29, 0.717) is 12.6 Å². The smallest absolute Gasteiger partial charge is 0.151 e. The molecular formula is C17H22N4O. The van der Waals surface area contributed by atoms with Crippen LogP contribution in [0.15, 0.2) is 48.7 Å². The van der Waals surface area contributed by atoms with E-state index in [2.05, 4.69) is 20.4 Å². The molecule has 116 valence electrons. The van der Waals surface area contributed by atoms with Gasteiger partial charge in [-0.3, -0.25) is 0 Å². The summed E-state index contributed by atoms with van der Waals surface area (Å²) in [6.45, 7) is 2.43. The van der Waals surface area contributed by atoms with Crippen LogP contribution < -0.4 is 10.2 Å². The first-order valence-electron chi connectivity index (χ1n) is 7.82. The molecule has 0 radical (unpaired) electrons. The molecule has 0 saturated carbocycles. The van der Waals surface area contributed by atoms with Gasteiger partial charge >= 0.3 is 0 Å². The number of hydrogen-bond acceptors (Lipinski definition) is 5. The molecule has 1 fully saturated rings. The predicted molar refractivity (Wildman–Crippen MR) is 86.7 cm³/mol. The minimum Gasteiger partial charge on any atom is -0.387 e. The molecule has 0 aliphatic carbocycles. The highest BCUT2D eigenvalue weighted by atomic mass is 16.3. The van der Waals surface area contributed by atoms with Crippen LogP contribution in [0.3, 0.4) is 0 Å². The van der Waals surface area contributed by atoms with Crippen LogP contribution in [-0.2, 0) is 0 Å². The van der Waals surface area contributed by atoms with Crippen LogP contribution in [0.4, 0.5) is 5.82 Å². The van der Waals surface area contributed by atoms with Crippen molar-refractivity contribution in [3.05, 3.63) is 54.2 Å². The number of anilines is 1. The van der Waals surface area contributed by atoms with Crippen LogP contribution in [0.2, 0.25) is 0 Å². The van der Waals surface area contributed by atoms with Crippen molar-refractivity contribution in [2.75, 3.05) is 24.5 Å². The fraction of sp³-hybridized carbons (Fsp3) is 0.412. The summed E-state index contributed by atoms with van der Waals surface area (Å²) in [5.74, 6) is 0.940. The van der Waals surface area contributed by atoms with Crippen LogP contribution in [0.1, 0.15) is 24.5 Å². The van der Waals surface area contributed by atoms with Gasteiger partial charge in [0.15, 0.2) is 5.82 Å². The Morgan fingerprint density at radius 2 is 2.09 bits per heavy atom. The lowest BCUT2D eigenvalue weighted by molar-refractivity contribution is 0.174. The number of aliphatic hydroxyl groups is 1. The minimum atomic E-state index is -0.465. The van der Waals surface area contributed by atoms with Gasteiger partial charge in [-0.15, -0.1) is 5.10 Å². The Kier molecular flexibility index (Phi) is 4.98. The standard InChI is InChI=1S/C17H22N4O/c22-16(14-6-2-1-3-7-14)13-18-12-15-8-5-11-21(15)17-9-4-10-19-20-17/h1-4,6-7,9-10,15-16,18,22H,5,8,11-13H2/t15-,16+/m0/s1. The molecule has 1 aromatic heterocycles. The quantitative estimate of drug-likeness (QED) is 0.851. The van der Waals surface area contributed by atoms with Gasteiger partial charge in [0.2, 0.25) is 0 Å². The van der Waals surface area contributed by atoms with E-state index >= 15 is 0 Å². The maximum absolute atomic E-state index is 10.2. The summed E-state index contributed by atoms with van der Waals surface area (Å²) >= 11 is 0. The Bertz CT molecular complexity index is 563. The van der Waals surface area contributed by atoms with E-state index in [-0.39, 0.29) is 0 Å². The van der Waals surface area contributed by atoms with E-state index in [0.717, 1.165) is 30.9 Å². The molecular weight excluding hydrogens is 276 g/mol. The molecule has 5 nitrogen and oxygen atoms in total. The predicted octanol–water partition coefficient (Wildman–Crippen LogP) is 1.77. The van der Waals surface area contributed by atoms with Crippen LogP contribution in [0.25, 0.3) is 0 Å². The zero-order chi connectivity index (χ0) is 15.2. The van der Waals surface area contributed by atoms with Crippen molar-refractivity contribution in [1.29, 1.82) is 0 Å². The number of hydrogen-bond donors (Lipinski definition) is 2. The van der Waals surface area contributed by atoms with Gasteiger partial charge in [0.1, 0.15) is 0 Å². The second-order valence-corrected chi connectivity index (χ2v) is 5.66. The molecule has 0 spiro atoms. The molecule has 2 N–H and O–H groups in total. The molecule has 0 unspecified atom stereocenters. The van der Waals surface area contributed by atoms with Crippen LogP contribution >= 0.6 is 0 Å². The highest BCUT2D eigenvalue weighted by Gasteiger charge is 2.25. The van der Waals surface area contributed by atoms with Crippen molar-refractivity contribution in [3.8, 4) is 0 Å². The zero-order valence-corrected chi connectivity index (χ0v) is 12.6. The van der Waals surface area contributed by atoms with E-state index in [9.17, 15) is 5.11 Å². The van der Waals surface area contributed by atoms with Gasteiger partial charge in [-0.05, 0) is 30.5 Å². The van der Waals surface area contributed by atoms with Gasteiger partial charge < -0.3 is 15.3 Å². The maximum atomic E-state index is 10.2. The second-order valence-electron chi connectivity index (χ2n) is 5.66. The summed E-state index contributed by atoms with van der Waals surface area (Å²) in [6.07, 6.45) is 3.55. The highest BCUT2D eigenvalue weighted by molar-refractivity contribution is 5.39. The molecule has 1 aliphatic rings. The molecule has 0 amide bonds. The number of benzene rings is 1. The number of aromatic nitrogens is 2. The summed E-state index contributed by atoms with van der Waals surface area (Å²) in [5, 5.41) is 21.7. The highest BCUT2D eigenvalue weighted by Crippen LogP contribution is 2.22. The molecule has 2 aromatic rings. The summed E-state index contributed by atoms with van der Waals surface area (Å²) in [4.78, 5) is 2.30. The summed E-state index contributed by atoms with van der Waals surface area (Å²) in [5.41, 5.74) is 0.951. The van der Waals surface area contributed by atoms with Gasteiger partial charge in [-0.2, -0.15) is 5.10 Å². The summed E-state index contributed by atoms with van der Waals surface area (Å²) < 4.78 is 0. The molecule has 2 atom stereocenters. The molecule has 1 saturated heterocycles. The van der Waals surface area contributed by atoms with Gasteiger partial charge in [0, 0.05) is 31.9 Å². The first kappa shape index (κ1) is 14.9. The lowest BCUT2D eigenvalue weighted by Gasteiger charge is -2.26. The third-order valence-electron chi connectivity index (χ3n) is 4.13. The van der Waals surface area contributed by atoms with E-state index in [1.165, 1.54) is 6.42 Å². The molecule has 22 heavy (non-hydrogen) atoms. The monoisotopic (exact) mass is 298 g/mol. The lowest BCUT2D eigenvalue weighted by atomic mass is 10.1. The Balaban J connectivity index is 1.51. The molecule has 1 aliphatic heterocycles. The first-order valence-corrected chi connectivity index (χ1v) is 7.82. The van der Waals surface area contributed by atoms with Crippen LogP contribution in [-0.4, -0.2) is 41.0 Å². The SMILES string of the molecule is O[C@H](CNC[C@@H]1CCCN1c1cccnn1)c1ccccc1. The Morgan fingerprint density at radius 1 is 1.23 bits per heavy atom. The normalized spacial score (nSPS) is 19.3. The number of aliphatic hydroxyl groups excluding tert-OH is 1. The van der Waals surface area contributed by atoms with Gasteiger partial charge in [-0.25, -0.2) is 0 Å². The third-order valence-corrected chi connectivity index (χ3v) is 4.13. The summed E-state index contributed by atoms with van der Waals surface area (Å²) in [6, 6.07) is 14.1. The van der Waals surface area contributed by atoms with Crippen molar-refractivity contribution >= 4 is 5.82 Å². The van der Waals surface area contributed by atoms with E-state index < -0.39 is 6.10 Å². The van der Waals surface area contributed by atoms with E-state index in [1.54, 1.807) is 6.20 Å². The van der Waals surface area contributed by atoms with Gasteiger partial charge in [-0.1, -0.05) is 30.3 Å². The fourth-order valence-corrected chi connectivity index (χ4v) is 2.98. The van der Waals surface area contributed by atoms with Crippen molar-refractivity contribution in [2.45, 2.75) is 25.0 Å². The molecule has 0 bridgehead atoms. The fourth-order valence-electron chi connectivity index (χ4n) is 2.98. The van der Waals surface area contributed by atoms with Gasteiger partial charge in [0.25, 0.3) is 0 Å². The first-order chi connectivity index (χ1) is 10.8. The van der Waals surface area contributed by atoms with Gasteiger partial charge in [0.05, 0.1) is 6.10 Å². The zero-order valence-electron chi connectivity index (χ0n) is 12.6. The molecule has 2 heterocycles.